The van der Waals surface area contributed by atoms with Gasteiger partial charge in [-0.2, -0.15) is 79.7 Å². The number of likely N-dealkylation sites (tertiary alicyclic amines) is 2. The van der Waals surface area contributed by atoms with Crippen LogP contribution in [-0.4, -0.2) is 105 Å². The van der Waals surface area contributed by atoms with Crippen LogP contribution in [0.5, 0.6) is 0 Å². The normalized spacial score (nSPS) is 14.3. The third-order valence-electron chi connectivity index (χ3n) is 17.8. The van der Waals surface area contributed by atoms with E-state index in [0.717, 1.165) is 41.9 Å². The molecule has 2 unspecified atom stereocenters. The fourth-order valence-corrected chi connectivity index (χ4v) is 12.7. The number of carbonyl (C=O) groups is 4. The summed E-state index contributed by atoms with van der Waals surface area (Å²) >= 11 is 0. The van der Waals surface area contributed by atoms with E-state index >= 15 is 26.3 Å². The van der Waals surface area contributed by atoms with Crippen LogP contribution in [0.1, 0.15) is 164 Å². The van der Waals surface area contributed by atoms with E-state index in [2.05, 4.69) is 10.6 Å². The number of nitrogens with zero attached hydrogens (tertiary/aromatic N) is 4. The molecule has 4 heterocycles. The van der Waals surface area contributed by atoms with Gasteiger partial charge in [0.05, 0.1) is 53.8 Å². The molecule has 2 amide bonds. The number of hydrogen-bond donors (Lipinski definition) is 3. The van der Waals surface area contributed by atoms with Crippen LogP contribution in [0.2, 0.25) is 0 Å². The van der Waals surface area contributed by atoms with E-state index in [1.807, 2.05) is 9.80 Å². The predicted octanol–water partition coefficient (Wildman–Crippen LogP) is 12.2. The Balaban J connectivity index is 0.000000708. The number of carbonyl (C=O) groups excluding carboxylic acids is 3. The van der Waals surface area contributed by atoms with Gasteiger partial charge in [-0.1, -0.05) is 39.8 Å². The molecular weight excluding hydrogens is 1520 g/mol. The molecule has 8 rings (SSSR count). The number of hydrogen-bond acceptors (Lipinski definition) is 10. The van der Waals surface area contributed by atoms with Crippen molar-refractivity contribution < 1.29 is 138 Å². The average molecular weight is 1610 g/mol. The van der Waals surface area contributed by atoms with E-state index in [4.69, 9.17) is 4.74 Å². The van der Waals surface area contributed by atoms with Crippen molar-refractivity contribution in [3.63, 3.8) is 0 Å². The predicted molar refractivity (Wildman–Crippen MR) is 372 cm³/mol. The molecule has 2 saturated heterocycles. The number of aliphatic carboxylic acids is 1. The number of carboxylic acid groups (broad SMARTS) is 1. The number of ether oxygens (including phenoxy) is 1. The first kappa shape index (κ1) is 97.6. The van der Waals surface area contributed by atoms with Gasteiger partial charge >= 0.3 is 55.5 Å². The van der Waals surface area contributed by atoms with Crippen LogP contribution >= 0.6 is 27.0 Å². The van der Waals surface area contributed by atoms with Crippen LogP contribution < -0.4 is 40.6 Å². The van der Waals surface area contributed by atoms with Crippen LogP contribution in [0, 0.1) is 74.4 Å². The zero-order valence-electron chi connectivity index (χ0n) is 60.7. The van der Waals surface area contributed by atoms with Crippen LogP contribution in [0.15, 0.2) is 70.5 Å². The van der Waals surface area contributed by atoms with Crippen molar-refractivity contribution in [2.24, 2.45) is 11.8 Å². The van der Waals surface area contributed by atoms with Gasteiger partial charge in [-0.3, -0.25) is 28.8 Å². The standard InChI is InChI=1S/C37H40F9N3O4.C35H36F9N3O4.Li.2H2O.2H2S/c1-6-53-30(51)17-27(32-33(39)23(15-25(34(32)40)37(44,45)46)31-21(5)13-20(4)14-26(31)38)47-35(52)28(12-19(2)3)49-18-22(8-11-48-9-7-10-48)24(16-29(49)50)36(41,42)43;1-17(2)10-26(47-16-20(6-9-46-7-5-8-46)22(14-27(47)48)34(39,40)41)33(51)45-25(15-28(49)50)30-31(37)21(13-23(32(30)38)35(42,43)44)29-19(4)11-18(3)12-24(29)36;;;;;/h13-16,18-19,27-28H,6-12,17H2,1-5H3,(H,47,52);11-14,16-17,25-26H,5-10,15H2,1-4H3,(H,45,51)(H,49,50);;4*1H2/q;;+1;;;;/p-1/t27-,28?;25-,26?;;;;;/m00...../s1. The number of nitrogens with one attached hydrogen (secondary N) is 2. The molecule has 6 aromatic rings. The minimum Gasteiger partial charge on any atom is -0.870 e. The smallest absolute Gasteiger partial charge is 0.870 e. The zero-order valence-corrected chi connectivity index (χ0v) is 62.7. The summed E-state index contributed by atoms with van der Waals surface area (Å²) in [6, 6.07) is -2.55. The minimum atomic E-state index is -5.49. The SMILES string of the molecule is CCOC(=O)C[C@H](NC(=O)C(CC(C)C)n1cc(CCN2CCC2)c(C(F)(F)F)cc1=O)c1c(F)c(-c2c(C)cc(C)cc2F)cc(C(F)(F)F)c1F.Cc1cc(C)c(-c2cc(C(F)(F)F)c(F)c([C@H](CC(=O)O)NC(=O)C(CC(C)C)n3cc(CCN4CCC4)c(C(F)(F)F)cc3=O)c2F)c(F)c1.O.S.S.[Li+].[OH-]. The van der Waals surface area contributed by atoms with Crippen LogP contribution in [0.25, 0.3) is 22.3 Å². The molecule has 4 aromatic carbocycles. The van der Waals surface area contributed by atoms with Crippen molar-refractivity contribution in [2.75, 3.05) is 45.9 Å². The number of amides is 2. The van der Waals surface area contributed by atoms with Gasteiger partial charge in [-0.15, -0.1) is 0 Å². The molecule has 0 spiro atoms. The average Bonchev–Trinajstić information content (AvgIpc) is 0.757. The van der Waals surface area contributed by atoms with Crippen LogP contribution in [-0.2, 0) is 61.5 Å². The maximum absolute atomic E-state index is 16.5. The van der Waals surface area contributed by atoms with E-state index in [1.165, 1.54) is 46.8 Å². The Kier molecular flexibility index (Phi) is 35.5. The summed E-state index contributed by atoms with van der Waals surface area (Å²) in [5, 5.41) is 13.9. The molecule has 2 aromatic heterocycles. The maximum atomic E-state index is 16.5. The molecule has 109 heavy (non-hydrogen) atoms. The summed E-state index contributed by atoms with van der Waals surface area (Å²) in [5.41, 5.74) is -15.3. The number of pyridine rings is 2. The maximum Gasteiger partial charge on any atom is 1.00 e. The second kappa shape index (κ2) is 39.6. The number of halogens is 18. The summed E-state index contributed by atoms with van der Waals surface area (Å²) in [4.78, 5) is 82.9. The monoisotopic (exact) mass is 1600 g/mol. The number of benzene rings is 4. The third kappa shape index (κ3) is 24.0. The number of esters is 1. The van der Waals surface area contributed by atoms with E-state index in [-0.39, 0.29) is 137 Å². The van der Waals surface area contributed by atoms with E-state index in [1.54, 1.807) is 27.7 Å². The summed E-state index contributed by atoms with van der Waals surface area (Å²) < 4.78 is 271. The molecule has 16 nitrogen and oxygen atoms in total. The van der Waals surface area contributed by atoms with Crippen molar-refractivity contribution in [3.8, 4) is 22.3 Å². The first-order chi connectivity index (χ1) is 48.2. The minimum absolute atomic E-state index is 0. The zero-order chi connectivity index (χ0) is 77.7. The molecule has 2 aliphatic rings. The number of aromatic nitrogens is 2. The molecule has 0 aliphatic carbocycles. The Hall–Kier alpha value is -7.46. The van der Waals surface area contributed by atoms with Gasteiger partial charge in [0.25, 0.3) is 11.1 Å². The molecule has 0 saturated carbocycles. The number of carboxylic acids is 1. The molecule has 37 heteroatoms. The fourth-order valence-electron chi connectivity index (χ4n) is 12.7. The number of rotatable bonds is 25. The molecule has 0 radical (unpaired) electrons. The second-order valence-electron chi connectivity index (χ2n) is 26.7. The first-order valence-corrected chi connectivity index (χ1v) is 33.0. The molecular formula is C72H83F18LiN6O10S2. The molecule has 2 aliphatic heterocycles. The van der Waals surface area contributed by atoms with Crippen molar-refractivity contribution in [1.82, 2.24) is 29.6 Å². The molecule has 6 N–H and O–H groups in total. The van der Waals surface area contributed by atoms with Gasteiger partial charge in [0, 0.05) is 71.0 Å². The van der Waals surface area contributed by atoms with Crippen LogP contribution in [0.3, 0.4) is 0 Å². The topological polar surface area (TPSA) is 234 Å². The van der Waals surface area contributed by atoms with Crippen LogP contribution in [0.4, 0.5) is 79.0 Å². The number of aryl methyl sites for hydroxylation is 4. The largest absolute Gasteiger partial charge is 1.00 e. The van der Waals surface area contributed by atoms with Gasteiger partial charge < -0.3 is 50.4 Å². The summed E-state index contributed by atoms with van der Waals surface area (Å²) in [7, 11) is 0. The van der Waals surface area contributed by atoms with Gasteiger partial charge in [0.2, 0.25) is 11.8 Å². The number of alkyl halides is 12. The summed E-state index contributed by atoms with van der Waals surface area (Å²) in [6.07, 6.45) is -20.6. The Morgan fingerprint density at radius 1 is 0.514 bits per heavy atom. The van der Waals surface area contributed by atoms with Crippen molar-refractivity contribution in [3.05, 3.63) is 183 Å². The molecule has 0 bridgehead atoms. The Morgan fingerprint density at radius 3 is 1.12 bits per heavy atom. The Labute approximate surface area is 641 Å². The van der Waals surface area contributed by atoms with E-state index < -0.39 is 199 Å². The molecule has 600 valence electrons. The van der Waals surface area contributed by atoms with Gasteiger partial charge in [0.1, 0.15) is 47.0 Å². The Bertz CT molecular complexity index is 4290. The molecule has 4 atom stereocenters. The van der Waals surface area contributed by atoms with Gasteiger partial charge in [0.15, 0.2) is 0 Å². The van der Waals surface area contributed by atoms with Crippen molar-refractivity contribution in [2.45, 2.75) is 163 Å². The fraction of sp³-hybridized carbons (Fsp3) is 0.472. The van der Waals surface area contributed by atoms with Crippen molar-refractivity contribution in [1.29, 1.82) is 0 Å². The Morgan fingerprint density at radius 2 is 0.844 bits per heavy atom. The second-order valence-corrected chi connectivity index (χ2v) is 26.7. The first-order valence-electron chi connectivity index (χ1n) is 33.0. The van der Waals surface area contributed by atoms with Gasteiger partial charge in [-0.25, -0.2) is 26.3 Å². The van der Waals surface area contributed by atoms with Gasteiger partial charge in [-0.05, 0) is 169 Å². The third-order valence-corrected chi connectivity index (χ3v) is 17.8. The van der Waals surface area contributed by atoms with E-state index in [0.29, 0.717) is 54.0 Å². The molecule has 2 fully saturated rings. The quantitative estimate of drug-likeness (QED) is 0.0277. The summed E-state index contributed by atoms with van der Waals surface area (Å²) in [5.74, 6) is -16.6. The van der Waals surface area contributed by atoms with Crippen molar-refractivity contribution >= 4 is 50.7 Å². The summed E-state index contributed by atoms with van der Waals surface area (Å²) in [6.45, 7) is 16.2. The van der Waals surface area contributed by atoms with E-state index in [9.17, 15) is 86.6 Å².